The third-order valence-electron chi connectivity index (χ3n) is 4.81. The molecule has 3 N–H and O–H groups in total. The van der Waals surface area contributed by atoms with Gasteiger partial charge in [0.05, 0.1) is 33.0 Å². The molecule has 0 saturated heterocycles. The fourth-order valence-electron chi connectivity index (χ4n) is 2.60. The summed E-state index contributed by atoms with van der Waals surface area (Å²) >= 11 is 0. The summed E-state index contributed by atoms with van der Waals surface area (Å²) in [7, 11) is 3.37. The molecule has 0 aromatic rings. The van der Waals surface area contributed by atoms with Crippen LogP contribution < -0.4 is 16.0 Å². The first-order chi connectivity index (χ1) is 18.1. The monoisotopic (exact) mass is 577 g/mol. The van der Waals surface area contributed by atoms with Crippen molar-refractivity contribution in [3.63, 3.8) is 0 Å². The normalized spacial score (nSPS) is 11.3. The topological polar surface area (TPSA) is 107 Å². The molecular formula is C27H51N3O6S2. The Labute approximate surface area is 238 Å². The van der Waals surface area contributed by atoms with Crippen LogP contribution in [0, 0.1) is 23.7 Å². The third-order valence-corrected chi connectivity index (χ3v) is 7.84. The summed E-state index contributed by atoms with van der Waals surface area (Å²) in [6, 6.07) is -0.192. The van der Waals surface area contributed by atoms with Gasteiger partial charge in [0.2, 0.25) is 0 Å². The lowest BCUT2D eigenvalue weighted by Gasteiger charge is -2.22. The van der Waals surface area contributed by atoms with Gasteiger partial charge in [-0.15, -0.1) is 0 Å². The van der Waals surface area contributed by atoms with Gasteiger partial charge in [0.15, 0.2) is 0 Å². The fraction of sp³-hybridized carbons (Fsp3) is 0.852. The standard InChI is InChI=1S/C27H51N3O6S2/c1-23(2)10-9-14-29-25(31)28-13-7-8-16-35-22-37-38-27(5,6)12-18-36-26(32)30-15-19-34-21-20-33-17-11-24(3)4/h23-24H,7-8,11-22H2,1-6H3,(H,30,32)(H2,28,29,31). The predicted octanol–water partition coefficient (Wildman–Crippen LogP) is 5.05. The average Bonchev–Trinajstić information content (AvgIpc) is 2.84. The van der Waals surface area contributed by atoms with Crippen LogP contribution >= 0.6 is 21.6 Å². The van der Waals surface area contributed by atoms with E-state index in [1.807, 2.05) is 13.8 Å². The summed E-state index contributed by atoms with van der Waals surface area (Å²) in [5, 5.41) is 8.22. The van der Waals surface area contributed by atoms with E-state index in [-0.39, 0.29) is 10.8 Å². The SMILES string of the molecule is CC(C)C#CCNC(=O)NCCCCOCSSC(C)(C)CCOC(=O)NCCOCCOCCC(C)C. The van der Waals surface area contributed by atoms with Crippen LogP contribution in [0.25, 0.3) is 0 Å². The second-order valence-electron chi connectivity index (χ2n) is 10.00. The van der Waals surface area contributed by atoms with Gasteiger partial charge in [-0.3, -0.25) is 0 Å². The molecular weight excluding hydrogens is 526 g/mol. The molecule has 9 nitrogen and oxygen atoms in total. The molecule has 0 fully saturated rings. The van der Waals surface area contributed by atoms with E-state index in [4.69, 9.17) is 18.9 Å². The van der Waals surface area contributed by atoms with Gasteiger partial charge in [-0.1, -0.05) is 61.1 Å². The largest absolute Gasteiger partial charge is 0.450 e. The maximum absolute atomic E-state index is 11.8. The summed E-state index contributed by atoms with van der Waals surface area (Å²) < 4.78 is 21.8. The van der Waals surface area contributed by atoms with Gasteiger partial charge in [-0.2, -0.15) is 0 Å². The first kappa shape index (κ1) is 36.7. The van der Waals surface area contributed by atoms with E-state index in [1.54, 1.807) is 21.6 Å². The second kappa shape index (κ2) is 24.7. The molecule has 0 bridgehead atoms. The predicted molar refractivity (Wildman–Crippen MR) is 158 cm³/mol. The van der Waals surface area contributed by atoms with Crippen molar-refractivity contribution in [3.8, 4) is 11.8 Å². The summed E-state index contributed by atoms with van der Waals surface area (Å²) in [5.74, 6) is 7.45. The van der Waals surface area contributed by atoms with Crippen molar-refractivity contribution in [2.24, 2.45) is 11.8 Å². The van der Waals surface area contributed by atoms with E-state index < -0.39 is 6.09 Å². The molecule has 0 aliphatic heterocycles. The Balaban J connectivity index is 3.54. The quantitative estimate of drug-likeness (QED) is 0.0710. The lowest BCUT2D eigenvalue weighted by atomic mass is 10.1. The Morgan fingerprint density at radius 3 is 2.29 bits per heavy atom. The van der Waals surface area contributed by atoms with Crippen molar-refractivity contribution in [3.05, 3.63) is 0 Å². The van der Waals surface area contributed by atoms with Crippen molar-refractivity contribution >= 4 is 33.7 Å². The summed E-state index contributed by atoms with van der Waals surface area (Å²) in [4.78, 5) is 23.4. The first-order valence-electron chi connectivity index (χ1n) is 13.6. The van der Waals surface area contributed by atoms with E-state index in [2.05, 4.69) is 55.5 Å². The highest BCUT2D eigenvalue weighted by molar-refractivity contribution is 8.77. The lowest BCUT2D eigenvalue weighted by Crippen LogP contribution is -2.36. The van der Waals surface area contributed by atoms with Crippen molar-refractivity contribution in [2.45, 2.75) is 72.0 Å². The highest BCUT2D eigenvalue weighted by Crippen LogP contribution is 2.37. The van der Waals surface area contributed by atoms with Crippen LogP contribution in [0.4, 0.5) is 9.59 Å². The Morgan fingerprint density at radius 2 is 1.58 bits per heavy atom. The molecule has 3 amide bonds. The van der Waals surface area contributed by atoms with E-state index >= 15 is 0 Å². The maximum Gasteiger partial charge on any atom is 0.407 e. The molecule has 38 heavy (non-hydrogen) atoms. The minimum Gasteiger partial charge on any atom is -0.450 e. The molecule has 222 valence electrons. The van der Waals surface area contributed by atoms with Gasteiger partial charge in [0.25, 0.3) is 0 Å². The van der Waals surface area contributed by atoms with E-state index in [1.165, 1.54) is 0 Å². The van der Waals surface area contributed by atoms with Crippen LogP contribution in [-0.2, 0) is 18.9 Å². The number of unbranched alkanes of at least 4 members (excludes halogenated alkanes) is 1. The van der Waals surface area contributed by atoms with Crippen molar-refractivity contribution in [1.29, 1.82) is 0 Å². The molecule has 0 spiro atoms. The van der Waals surface area contributed by atoms with Crippen molar-refractivity contribution < 1.29 is 28.5 Å². The summed E-state index contributed by atoms with van der Waals surface area (Å²) in [5.41, 5.74) is 0. The van der Waals surface area contributed by atoms with Gasteiger partial charge < -0.3 is 34.9 Å². The molecule has 0 aliphatic rings. The fourth-order valence-corrected chi connectivity index (χ4v) is 4.87. The molecule has 0 aromatic carbocycles. The zero-order valence-corrected chi connectivity index (χ0v) is 26.0. The zero-order chi connectivity index (χ0) is 28.5. The molecule has 0 rings (SSSR count). The van der Waals surface area contributed by atoms with Crippen molar-refractivity contribution in [2.75, 3.05) is 65.2 Å². The highest BCUT2D eigenvalue weighted by atomic mass is 33.1. The van der Waals surface area contributed by atoms with Crippen molar-refractivity contribution in [1.82, 2.24) is 16.0 Å². The molecule has 11 heteroatoms. The number of carbonyl (C=O) groups excluding carboxylic acids is 2. The number of rotatable bonds is 22. The van der Waals surface area contributed by atoms with E-state index in [0.29, 0.717) is 70.4 Å². The number of ether oxygens (including phenoxy) is 4. The maximum atomic E-state index is 11.8. The number of carbonyl (C=O) groups is 2. The van der Waals surface area contributed by atoms with Crippen LogP contribution in [0.5, 0.6) is 0 Å². The molecule has 0 saturated carbocycles. The molecule has 0 unspecified atom stereocenters. The number of hydrogen-bond donors (Lipinski definition) is 3. The van der Waals surface area contributed by atoms with Gasteiger partial charge in [-0.25, -0.2) is 9.59 Å². The highest BCUT2D eigenvalue weighted by Gasteiger charge is 2.19. The number of alkyl carbamates (subject to hydrolysis) is 1. The lowest BCUT2D eigenvalue weighted by molar-refractivity contribution is 0.0446. The van der Waals surface area contributed by atoms with Crippen LogP contribution in [0.3, 0.4) is 0 Å². The second-order valence-corrected chi connectivity index (χ2v) is 12.9. The molecule has 0 atom stereocenters. The average molecular weight is 578 g/mol. The van der Waals surface area contributed by atoms with Gasteiger partial charge in [0.1, 0.15) is 5.94 Å². The molecule has 0 aliphatic carbocycles. The summed E-state index contributed by atoms with van der Waals surface area (Å²) in [6.07, 6.45) is 3.09. The Morgan fingerprint density at radius 1 is 0.842 bits per heavy atom. The number of amides is 3. The van der Waals surface area contributed by atoms with Gasteiger partial charge >= 0.3 is 12.1 Å². The zero-order valence-electron chi connectivity index (χ0n) is 24.3. The smallest absolute Gasteiger partial charge is 0.407 e. The molecule has 0 heterocycles. The summed E-state index contributed by atoms with van der Waals surface area (Å²) in [6.45, 7) is 17.3. The third kappa shape index (κ3) is 27.7. The minimum absolute atomic E-state index is 0.0518. The number of nitrogens with one attached hydrogen (secondary N) is 3. The number of urea groups is 1. The van der Waals surface area contributed by atoms with Crippen LogP contribution in [-0.4, -0.2) is 82.1 Å². The van der Waals surface area contributed by atoms with E-state index in [9.17, 15) is 9.59 Å². The van der Waals surface area contributed by atoms with E-state index in [0.717, 1.165) is 32.3 Å². The van der Waals surface area contributed by atoms with Gasteiger partial charge in [0, 0.05) is 37.0 Å². The van der Waals surface area contributed by atoms with Crippen LogP contribution in [0.2, 0.25) is 0 Å². The van der Waals surface area contributed by atoms with Crippen LogP contribution in [0.15, 0.2) is 0 Å². The van der Waals surface area contributed by atoms with Crippen LogP contribution in [0.1, 0.15) is 67.2 Å². The minimum atomic E-state index is -0.426. The molecule has 0 radical (unpaired) electrons. The first-order valence-corrected chi connectivity index (χ1v) is 15.9. The Bertz CT molecular complexity index is 669. The Hall–Kier alpha value is -1.32. The number of hydrogen-bond acceptors (Lipinski definition) is 8. The molecule has 0 aromatic heterocycles. The Kier molecular flexibility index (Phi) is 23.8. The van der Waals surface area contributed by atoms with Gasteiger partial charge in [-0.05, 0) is 45.4 Å².